The Morgan fingerprint density at radius 2 is 2.38 bits per heavy atom. The van der Waals surface area contributed by atoms with E-state index in [1.807, 2.05) is 13.8 Å². The molecule has 0 saturated carbocycles. The normalized spacial score (nSPS) is 11.0. The van der Waals surface area contributed by atoms with E-state index < -0.39 is 0 Å². The minimum absolute atomic E-state index is 0.416. The van der Waals surface area contributed by atoms with E-state index in [-0.39, 0.29) is 0 Å². The van der Waals surface area contributed by atoms with Crippen LogP contribution in [0.15, 0.2) is 11.8 Å². The lowest BCUT2D eigenvalue weighted by atomic mass is 10.3. The average molecular weight is 114 g/mol. The summed E-state index contributed by atoms with van der Waals surface area (Å²) in [5.74, 6) is 0. The van der Waals surface area contributed by atoms with E-state index >= 15 is 0 Å². The molecule has 2 heteroatoms. The largest absolute Gasteiger partial charge is 0.437 e. The molecule has 2 nitrogen and oxygen atoms in total. The van der Waals surface area contributed by atoms with Crippen molar-refractivity contribution in [3.8, 4) is 0 Å². The molecule has 0 spiro atoms. The molecule has 0 aromatic heterocycles. The summed E-state index contributed by atoms with van der Waals surface area (Å²) in [5.41, 5.74) is 1.07. The summed E-state index contributed by atoms with van der Waals surface area (Å²) in [7, 11) is 0. The average Bonchev–Trinajstić information content (AvgIpc) is 1.83. The molecule has 0 fully saturated rings. The van der Waals surface area contributed by atoms with Crippen LogP contribution in [-0.2, 0) is 9.53 Å². The Kier molecular flexibility index (Phi) is 3.94. The lowest BCUT2D eigenvalue weighted by Crippen LogP contribution is -1.76. The summed E-state index contributed by atoms with van der Waals surface area (Å²) in [6.45, 7) is 4.32. The van der Waals surface area contributed by atoms with E-state index in [4.69, 9.17) is 0 Å². The van der Waals surface area contributed by atoms with Gasteiger partial charge in [0.1, 0.15) is 0 Å². The van der Waals surface area contributed by atoms with Crippen molar-refractivity contribution in [3.05, 3.63) is 11.8 Å². The van der Waals surface area contributed by atoms with Gasteiger partial charge in [-0.25, -0.2) is 0 Å². The van der Waals surface area contributed by atoms with Gasteiger partial charge in [0.15, 0.2) is 0 Å². The van der Waals surface area contributed by atoms with Crippen LogP contribution in [0.1, 0.15) is 20.3 Å². The van der Waals surface area contributed by atoms with Crippen LogP contribution in [-0.4, -0.2) is 6.47 Å². The Morgan fingerprint density at radius 1 is 1.75 bits per heavy atom. The molecule has 0 heterocycles. The third kappa shape index (κ3) is 3.40. The maximum Gasteiger partial charge on any atom is 0.297 e. The topological polar surface area (TPSA) is 26.3 Å². The summed E-state index contributed by atoms with van der Waals surface area (Å²) in [5, 5.41) is 0. The van der Waals surface area contributed by atoms with Gasteiger partial charge >= 0.3 is 0 Å². The fourth-order valence-corrected chi connectivity index (χ4v) is 0.227. The molecule has 0 rings (SSSR count). The Balaban J connectivity index is 3.40. The Labute approximate surface area is 49.1 Å². The highest BCUT2D eigenvalue weighted by molar-refractivity contribution is 5.38. The highest BCUT2D eigenvalue weighted by Crippen LogP contribution is 1.95. The Bertz CT molecular complexity index is 94.7. The van der Waals surface area contributed by atoms with Gasteiger partial charge in [-0.1, -0.05) is 6.92 Å². The molecule has 0 aliphatic heterocycles. The van der Waals surface area contributed by atoms with E-state index in [0.717, 1.165) is 12.0 Å². The third-order valence-corrected chi connectivity index (χ3v) is 0.882. The smallest absolute Gasteiger partial charge is 0.297 e. The van der Waals surface area contributed by atoms with E-state index in [2.05, 4.69) is 4.74 Å². The van der Waals surface area contributed by atoms with Crippen molar-refractivity contribution in [3.63, 3.8) is 0 Å². The molecule has 0 aliphatic carbocycles. The van der Waals surface area contributed by atoms with Crippen molar-refractivity contribution in [1.82, 2.24) is 0 Å². The summed E-state index contributed by atoms with van der Waals surface area (Å²) in [6, 6.07) is 0. The number of ether oxygens (including phenoxy) is 1. The van der Waals surface area contributed by atoms with Gasteiger partial charge in [0.05, 0.1) is 6.26 Å². The molecule has 0 N–H and O–H groups in total. The molecule has 8 heavy (non-hydrogen) atoms. The molecule has 0 amide bonds. The summed E-state index contributed by atoms with van der Waals surface area (Å²) in [4.78, 5) is 9.56. The quantitative estimate of drug-likeness (QED) is 0.410. The molecule has 0 atom stereocenters. The lowest BCUT2D eigenvalue weighted by Gasteiger charge is -1.89. The zero-order valence-corrected chi connectivity index (χ0v) is 5.18. The van der Waals surface area contributed by atoms with Gasteiger partial charge in [-0.2, -0.15) is 0 Å². The fourth-order valence-electron chi connectivity index (χ4n) is 0.227. The van der Waals surface area contributed by atoms with Crippen LogP contribution in [0, 0.1) is 0 Å². The highest BCUT2D eigenvalue weighted by atomic mass is 16.5. The Morgan fingerprint density at radius 3 is 2.75 bits per heavy atom. The Hall–Kier alpha value is -0.790. The molecule has 0 radical (unpaired) electrons. The maximum absolute atomic E-state index is 9.56. The molecular weight excluding hydrogens is 104 g/mol. The van der Waals surface area contributed by atoms with Crippen LogP contribution in [0.2, 0.25) is 0 Å². The molecule has 0 unspecified atom stereocenters. The number of rotatable bonds is 3. The number of carbonyl (C=O) groups excluding carboxylic acids is 1. The van der Waals surface area contributed by atoms with Crippen LogP contribution in [0.3, 0.4) is 0 Å². The first-order valence-electron chi connectivity index (χ1n) is 2.56. The molecule has 46 valence electrons. The number of hydrogen-bond acceptors (Lipinski definition) is 2. The van der Waals surface area contributed by atoms with Crippen molar-refractivity contribution >= 4 is 6.47 Å². The number of hydrogen-bond donors (Lipinski definition) is 0. The predicted octanol–water partition coefficient (Wildman–Crippen LogP) is 1.47. The van der Waals surface area contributed by atoms with Crippen molar-refractivity contribution in [2.45, 2.75) is 20.3 Å². The zero-order valence-electron chi connectivity index (χ0n) is 5.18. The molecule has 0 aromatic carbocycles. The van der Waals surface area contributed by atoms with Crippen LogP contribution < -0.4 is 0 Å². The summed E-state index contributed by atoms with van der Waals surface area (Å²) >= 11 is 0. The number of carbonyl (C=O) groups is 1. The first-order chi connectivity index (χ1) is 3.81. The minimum atomic E-state index is 0.416. The third-order valence-electron chi connectivity index (χ3n) is 0.882. The van der Waals surface area contributed by atoms with Crippen LogP contribution >= 0.6 is 0 Å². The second-order valence-corrected chi connectivity index (χ2v) is 1.55. The molecule has 0 bridgehead atoms. The lowest BCUT2D eigenvalue weighted by molar-refractivity contribution is -0.123. The van der Waals surface area contributed by atoms with Gasteiger partial charge in [-0.05, 0) is 18.9 Å². The minimum Gasteiger partial charge on any atom is -0.437 e. The van der Waals surface area contributed by atoms with E-state index in [0.29, 0.717) is 6.47 Å². The SMILES string of the molecule is CCC(C)=COC=O. The van der Waals surface area contributed by atoms with E-state index in [1.54, 1.807) is 0 Å². The number of allylic oxidation sites excluding steroid dienone is 1. The maximum atomic E-state index is 9.56. The van der Waals surface area contributed by atoms with Gasteiger partial charge < -0.3 is 4.74 Å². The molecule has 0 saturated heterocycles. The van der Waals surface area contributed by atoms with Crippen LogP contribution in [0.5, 0.6) is 0 Å². The van der Waals surface area contributed by atoms with Gasteiger partial charge in [0.25, 0.3) is 6.47 Å². The van der Waals surface area contributed by atoms with Gasteiger partial charge in [0.2, 0.25) is 0 Å². The van der Waals surface area contributed by atoms with Crippen molar-refractivity contribution < 1.29 is 9.53 Å². The van der Waals surface area contributed by atoms with Crippen molar-refractivity contribution in [2.24, 2.45) is 0 Å². The van der Waals surface area contributed by atoms with E-state index in [9.17, 15) is 4.79 Å². The van der Waals surface area contributed by atoms with E-state index in [1.165, 1.54) is 6.26 Å². The van der Waals surface area contributed by atoms with Gasteiger partial charge in [-0.3, -0.25) is 4.79 Å². The monoisotopic (exact) mass is 114 g/mol. The first-order valence-corrected chi connectivity index (χ1v) is 2.56. The van der Waals surface area contributed by atoms with Crippen molar-refractivity contribution in [1.29, 1.82) is 0 Å². The second kappa shape index (κ2) is 4.37. The highest BCUT2D eigenvalue weighted by Gasteiger charge is 1.79. The molecule has 0 aromatic rings. The van der Waals surface area contributed by atoms with Crippen molar-refractivity contribution in [2.75, 3.05) is 0 Å². The first kappa shape index (κ1) is 7.21. The molecular formula is C6H10O2. The summed E-state index contributed by atoms with van der Waals surface area (Å²) < 4.78 is 4.34. The van der Waals surface area contributed by atoms with Gasteiger partial charge in [0, 0.05) is 0 Å². The van der Waals surface area contributed by atoms with Gasteiger partial charge in [-0.15, -0.1) is 0 Å². The molecule has 0 aliphatic rings. The summed E-state index contributed by atoms with van der Waals surface area (Å²) in [6.07, 6.45) is 2.38. The second-order valence-electron chi connectivity index (χ2n) is 1.55. The predicted molar refractivity (Wildman–Crippen MR) is 31.2 cm³/mol. The fraction of sp³-hybridized carbons (Fsp3) is 0.500. The van der Waals surface area contributed by atoms with Crippen LogP contribution in [0.4, 0.5) is 0 Å². The zero-order chi connectivity index (χ0) is 6.41. The van der Waals surface area contributed by atoms with Crippen LogP contribution in [0.25, 0.3) is 0 Å². The standard InChI is InChI=1S/C6H10O2/c1-3-6(2)4-8-5-7/h4-5H,3H2,1-2H3.